The lowest BCUT2D eigenvalue weighted by Crippen LogP contribution is -1.91. The van der Waals surface area contributed by atoms with Crippen LogP contribution in [0.3, 0.4) is 0 Å². The maximum Gasteiger partial charge on any atom is 0.198 e. The van der Waals surface area contributed by atoms with Crippen LogP contribution in [-0.2, 0) is 0 Å². The smallest absolute Gasteiger partial charge is 0.198 e. The first-order chi connectivity index (χ1) is 9.20. The molecule has 0 atom stereocenters. The number of methoxy groups -OCH3 is 1. The summed E-state index contributed by atoms with van der Waals surface area (Å²) in [6.45, 7) is 1.96. The highest BCUT2D eigenvalue weighted by Crippen LogP contribution is 2.37. The molecule has 3 N–H and O–H groups in total. The van der Waals surface area contributed by atoms with Crippen LogP contribution < -0.4 is 10.5 Å². The standard InChI is InChI=1S/C15H15N3O/c1-9-14(18-15(16)17-9)13-11-6-4-3-5-10(11)7-8-12(13)19-2/h3-8H,1-2H3,(H3,16,17,18). The maximum atomic E-state index is 5.74. The van der Waals surface area contributed by atoms with E-state index < -0.39 is 0 Å². The lowest BCUT2D eigenvalue weighted by atomic mass is 10.00. The molecule has 0 unspecified atom stereocenters. The van der Waals surface area contributed by atoms with E-state index in [0.717, 1.165) is 33.5 Å². The fourth-order valence-corrected chi connectivity index (χ4v) is 2.39. The van der Waals surface area contributed by atoms with Crippen LogP contribution in [0.25, 0.3) is 22.0 Å². The number of nitrogens with zero attached hydrogens (tertiary/aromatic N) is 1. The Kier molecular flexibility index (Phi) is 2.63. The van der Waals surface area contributed by atoms with Crippen molar-refractivity contribution in [3.63, 3.8) is 0 Å². The highest BCUT2D eigenvalue weighted by atomic mass is 16.5. The second kappa shape index (κ2) is 4.31. The SMILES string of the molecule is COc1ccc2ccccc2c1-c1nc(N)[nH]c1C. The molecule has 0 fully saturated rings. The number of rotatable bonds is 2. The van der Waals surface area contributed by atoms with Gasteiger partial charge in [0, 0.05) is 5.69 Å². The molecular weight excluding hydrogens is 238 g/mol. The van der Waals surface area contributed by atoms with Crippen molar-refractivity contribution < 1.29 is 4.74 Å². The van der Waals surface area contributed by atoms with Crippen LogP contribution >= 0.6 is 0 Å². The van der Waals surface area contributed by atoms with Gasteiger partial charge < -0.3 is 15.5 Å². The Bertz CT molecular complexity index is 746. The van der Waals surface area contributed by atoms with Gasteiger partial charge >= 0.3 is 0 Å². The number of ether oxygens (including phenoxy) is 1. The van der Waals surface area contributed by atoms with Gasteiger partial charge in [-0.25, -0.2) is 4.98 Å². The van der Waals surface area contributed by atoms with E-state index >= 15 is 0 Å². The zero-order chi connectivity index (χ0) is 13.4. The first-order valence-electron chi connectivity index (χ1n) is 6.09. The third kappa shape index (κ3) is 1.81. The number of hydrogen-bond acceptors (Lipinski definition) is 3. The monoisotopic (exact) mass is 253 g/mol. The van der Waals surface area contributed by atoms with Gasteiger partial charge in [0.15, 0.2) is 5.95 Å². The molecule has 0 aliphatic rings. The largest absolute Gasteiger partial charge is 0.496 e. The Labute approximate surface area is 111 Å². The van der Waals surface area contributed by atoms with E-state index in [9.17, 15) is 0 Å². The zero-order valence-electron chi connectivity index (χ0n) is 10.9. The van der Waals surface area contributed by atoms with E-state index in [4.69, 9.17) is 10.5 Å². The number of nitrogens with one attached hydrogen (secondary N) is 1. The minimum Gasteiger partial charge on any atom is -0.496 e. The first kappa shape index (κ1) is 11.6. The predicted octanol–water partition coefficient (Wildman–Crippen LogP) is 3.13. The summed E-state index contributed by atoms with van der Waals surface area (Å²) in [6.07, 6.45) is 0. The molecule has 0 saturated heterocycles. The molecule has 4 heteroatoms. The summed E-state index contributed by atoms with van der Waals surface area (Å²) in [5.74, 6) is 1.22. The molecule has 96 valence electrons. The summed E-state index contributed by atoms with van der Waals surface area (Å²) in [7, 11) is 1.67. The number of aromatic nitrogens is 2. The van der Waals surface area contributed by atoms with Gasteiger partial charge in [-0.3, -0.25) is 0 Å². The molecule has 1 heterocycles. The minimum atomic E-state index is 0.419. The van der Waals surface area contributed by atoms with E-state index in [-0.39, 0.29) is 0 Å². The molecule has 4 nitrogen and oxygen atoms in total. The molecule has 3 rings (SSSR count). The second-order valence-electron chi connectivity index (χ2n) is 4.46. The van der Waals surface area contributed by atoms with Crippen LogP contribution in [-0.4, -0.2) is 17.1 Å². The van der Waals surface area contributed by atoms with Crippen molar-refractivity contribution in [2.24, 2.45) is 0 Å². The van der Waals surface area contributed by atoms with E-state index in [1.54, 1.807) is 7.11 Å². The Morgan fingerprint density at radius 1 is 1.16 bits per heavy atom. The number of hydrogen-bond donors (Lipinski definition) is 2. The van der Waals surface area contributed by atoms with Crippen molar-refractivity contribution >= 4 is 16.7 Å². The quantitative estimate of drug-likeness (QED) is 0.737. The van der Waals surface area contributed by atoms with Gasteiger partial charge in [0.1, 0.15) is 5.75 Å². The van der Waals surface area contributed by atoms with Gasteiger partial charge in [-0.2, -0.15) is 0 Å². The Balaban J connectivity index is 2.40. The summed E-state index contributed by atoms with van der Waals surface area (Å²) >= 11 is 0. The molecule has 3 aromatic rings. The van der Waals surface area contributed by atoms with Crippen LogP contribution in [0.1, 0.15) is 5.69 Å². The van der Waals surface area contributed by atoms with E-state index in [1.165, 1.54) is 0 Å². The predicted molar refractivity (Wildman–Crippen MR) is 77.2 cm³/mol. The van der Waals surface area contributed by atoms with Crippen molar-refractivity contribution in [3.05, 3.63) is 42.1 Å². The fraction of sp³-hybridized carbons (Fsp3) is 0.133. The zero-order valence-corrected chi connectivity index (χ0v) is 10.9. The van der Waals surface area contributed by atoms with Crippen molar-refractivity contribution in [1.82, 2.24) is 9.97 Å². The fourth-order valence-electron chi connectivity index (χ4n) is 2.39. The summed E-state index contributed by atoms with van der Waals surface area (Å²) in [4.78, 5) is 7.41. The third-order valence-electron chi connectivity index (χ3n) is 3.25. The Morgan fingerprint density at radius 3 is 2.63 bits per heavy atom. The molecule has 1 aromatic heterocycles. The van der Waals surface area contributed by atoms with Gasteiger partial charge in [0.25, 0.3) is 0 Å². The number of H-pyrrole nitrogens is 1. The van der Waals surface area contributed by atoms with Crippen molar-refractivity contribution in [1.29, 1.82) is 0 Å². The van der Waals surface area contributed by atoms with Crippen LogP contribution in [0.15, 0.2) is 36.4 Å². The van der Waals surface area contributed by atoms with E-state index in [1.807, 2.05) is 31.2 Å². The lowest BCUT2D eigenvalue weighted by Gasteiger charge is -2.11. The highest BCUT2D eigenvalue weighted by Gasteiger charge is 2.15. The van der Waals surface area contributed by atoms with Crippen LogP contribution in [0.2, 0.25) is 0 Å². The third-order valence-corrected chi connectivity index (χ3v) is 3.25. The summed E-state index contributed by atoms with van der Waals surface area (Å²) in [5, 5.41) is 2.26. The summed E-state index contributed by atoms with van der Waals surface area (Å²) in [5.41, 5.74) is 8.50. The Morgan fingerprint density at radius 2 is 1.95 bits per heavy atom. The van der Waals surface area contributed by atoms with Gasteiger partial charge in [-0.15, -0.1) is 0 Å². The first-order valence-corrected chi connectivity index (χ1v) is 6.09. The van der Waals surface area contributed by atoms with Crippen LogP contribution in [0, 0.1) is 6.92 Å². The number of aryl methyl sites for hydroxylation is 1. The molecule has 0 radical (unpaired) electrons. The molecule has 0 aliphatic heterocycles. The number of nitrogens with two attached hydrogens (primary N) is 1. The number of anilines is 1. The minimum absolute atomic E-state index is 0.419. The van der Waals surface area contributed by atoms with Crippen molar-refractivity contribution in [2.75, 3.05) is 12.8 Å². The van der Waals surface area contributed by atoms with Crippen molar-refractivity contribution in [3.8, 4) is 17.0 Å². The van der Waals surface area contributed by atoms with Crippen LogP contribution in [0.5, 0.6) is 5.75 Å². The second-order valence-corrected chi connectivity index (χ2v) is 4.46. The molecular formula is C15H15N3O. The van der Waals surface area contributed by atoms with E-state index in [2.05, 4.69) is 22.1 Å². The Hall–Kier alpha value is -2.49. The molecule has 0 bridgehead atoms. The van der Waals surface area contributed by atoms with Gasteiger partial charge in [-0.1, -0.05) is 30.3 Å². The number of benzene rings is 2. The molecule has 0 amide bonds. The topological polar surface area (TPSA) is 63.9 Å². The maximum absolute atomic E-state index is 5.74. The lowest BCUT2D eigenvalue weighted by molar-refractivity contribution is 0.417. The molecule has 0 spiro atoms. The van der Waals surface area contributed by atoms with Gasteiger partial charge in [0.05, 0.1) is 18.4 Å². The highest BCUT2D eigenvalue weighted by molar-refractivity contribution is 5.99. The average molecular weight is 253 g/mol. The summed E-state index contributed by atoms with van der Waals surface area (Å²) < 4.78 is 5.48. The van der Waals surface area contributed by atoms with Gasteiger partial charge in [-0.05, 0) is 23.8 Å². The van der Waals surface area contributed by atoms with E-state index in [0.29, 0.717) is 5.95 Å². The molecule has 0 aliphatic carbocycles. The van der Waals surface area contributed by atoms with Crippen molar-refractivity contribution in [2.45, 2.75) is 6.92 Å². The van der Waals surface area contributed by atoms with Crippen LogP contribution in [0.4, 0.5) is 5.95 Å². The number of aromatic amines is 1. The number of fused-ring (bicyclic) bond motifs is 1. The number of nitrogen functional groups attached to an aromatic ring is 1. The summed E-state index contributed by atoms with van der Waals surface area (Å²) in [6, 6.07) is 12.2. The average Bonchev–Trinajstić information content (AvgIpc) is 2.76. The number of imidazole rings is 1. The van der Waals surface area contributed by atoms with Gasteiger partial charge in [0.2, 0.25) is 0 Å². The molecule has 19 heavy (non-hydrogen) atoms. The normalized spacial score (nSPS) is 10.8. The molecule has 2 aromatic carbocycles. The molecule has 0 saturated carbocycles.